The van der Waals surface area contributed by atoms with Crippen molar-refractivity contribution in [3.05, 3.63) is 23.2 Å². The van der Waals surface area contributed by atoms with Crippen LogP contribution in [-0.2, 0) is 10.0 Å². The molecule has 0 saturated heterocycles. The molecule has 0 heterocycles. The van der Waals surface area contributed by atoms with Gasteiger partial charge in [0.15, 0.2) is 0 Å². The van der Waals surface area contributed by atoms with Gasteiger partial charge in [-0.1, -0.05) is 24.4 Å². The Balaban J connectivity index is 2.17. The average Bonchev–Trinajstić information content (AvgIpc) is 2.77. The summed E-state index contributed by atoms with van der Waals surface area (Å²) < 4.78 is 26.5. The average molecular weight is 276 g/mol. The van der Waals surface area contributed by atoms with Gasteiger partial charge in [0, 0.05) is 0 Å². The molecule has 0 atom stereocenters. The van der Waals surface area contributed by atoms with Crippen LogP contribution in [-0.4, -0.2) is 18.8 Å². The molecule has 2 N–H and O–H groups in total. The van der Waals surface area contributed by atoms with E-state index >= 15 is 0 Å². The van der Waals surface area contributed by atoms with Gasteiger partial charge in [0.2, 0.25) is 10.0 Å². The van der Waals surface area contributed by atoms with Crippen molar-refractivity contribution < 1.29 is 13.5 Å². The summed E-state index contributed by atoms with van der Waals surface area (Å²) in [5.74, 6) is -0.0597. The number of benzene rings is 1. The predicted octanol–water partition coefficient (Wildman–Crippen LogP) is 2.73. The third-order valence-corrected chi connectivity index (χ3v) is 5.12. The highest BCUT2D eigenvalue weighted by Gasteiger charge is 2.28. The fourth-order valence-electron chi connectivity index (χ4n) is 2.02. The summed E-state index contributed by atoms with van der Waals surface area (Å²) in [6.07, 6.45) is 3.34. The second kappa shape index (κ2) is 4.74. The lowest BCUT2D eigenvalue weighted by molar-refractivity contribution is 0.475. The fourth-order valence-corrected chi connectivity index (χ4v) is 3.77. The van der Waals surface area contributed by atoms with E-state index in [0.29, 0.717) is 18.5 Å². The summed E-state index contributed by atoms with van der Waals surface area (Å²) in [7, 11) is -3.33. The first-order valence-corrected chi connectivity index (χ1v) is 7.41. The van der Waals surface area contributed by atoms with Crippen LogP contribution in [0.1, 0.15) is 25.7 Å². The molecule has 94 valence electrons. The predicted molar refractivity (Wildman–Crippen MR) is 67.9 cm³/mol. The Morgan fingerprint density at radius 2 is 1.94 bits per heavy atom. The SMILES string of the molecule is O=S(=O)(Nc1ccc(O)c(Cl)c1)C1CCCC1. The number of phenols is 1. The number of sulfonamides is 1. The zero-order chi connectivity index (χ0) is 12.5. The summed E-state index contributed by atoms with van der Waals surface area (Å²) in [5.41, 5.74) is 0.389. The number of halogens is 1. The molecule has 1 aliphatic carbocycles. The Morgan fingerprint density at radius 3 is 2.53 bits per heavy atom. The summed E-state index contributed by atoms with van der Waals surface area (Å²) in [6, 6.07) is 4.27. The Bertz CT molecular complexity index is 509. The maximum absolute atomic E-state index is 12.0. The van der Waals surface area contributed by atoms with Crippen LogP contribution < -0.4 is 4.72 Å². The summed E-state index contributed by atoms with van der Waals surface area (Å²) in [6.45, 7) is 0. The lowest BCUT2D eigenvalue weighted by Crippen LogP contribution is -2.25. The third kappa shape index (κ3) is 2.84. The van der Waals surface area contributed by atoms with Crippen molar-refractivity contribution in [1.29, 1.82) is 0 Å². The van der Waals surface area contributed by atoms with E-state index in [-0.39, 0.29) is 16.0 Å². The molecule has 2 rings (SSSR count). The van der Waals surface area contributed by atoms with Crippen molar-refractivity contribution >= 4 is 27.3 Å². The minimum Gasteiger partial charge on any atom is -0.506 e. The molecule has 0 aliphatic heterocycles. The first-order chi connectivity index (χ1) is 7.99. The first kappa shape index (κ1) is 12.5. The van der Waals surface area contributed by atoms with E-state index in [0.717, 1.165) is 12.8 Å². The second-order valence-electron chi connectivity index (χ2n) is 4.22. The molecule has 4 nitrogen and oxygen atoms in total. The molecule has 0 bridgehead atoms. The highest BCUT2D eigenvalue weighted by molar-refractivity contribution is 7.93. The number of rotatable bonds is 3. The van der Waals surface area contributed by atoms with Gasteiger partial charge in [0.05, 0.1) is 16.0 Å². The van der Waals surface area contributed by atoms with E-state index in [1.165, 1.54) is 18.2 Å². The number of aromatic hydroxyl groups is 1. The third-order valence-electron chi connectivity index (χ3n) is 2.95. The Morgan fingerprint density at radius 1 is 1.29 bits per heavy atom. The monoisotopic (exact) mass is 275 g/mol. The standard InChI is InChI=1S/C11H14ClNO3S/c12-10-7-8(5-6-11(10)14)13-17(15,16)9-3-1-2-4-9/h5-7,9,13-14H,1-4H2. The summed E-state index contributed by atoms with van der Waals surface area (Å²) in [5, 5.41) is 9.07. The normalized spacial score (nSPS) is 17.2. The van der Waals surface area contributed by atoms with Gasteiger partial charge in [0.25, 0.3) is 0 Å². The van der Waals surface area contributed by atoms with Gasteiger partial charge >= 0.3 is 0 Å². The molecule has 1 fully saturated rings. The molecule has 1 aromatic carbocycles. The van der Waals surface area contributed by atoms with Gasteiger partial charge in [-0.25, -0.2) is 8.42 Å². The van der Waals surface area contributed by atoms with E-state index < -0.39 is 10.0 Å². The van der Waals surface area contributed by atoms with Gasteiger partial charge in [-0.3, -0.25) is 4.72 Å². The molecular formula is C11H14ClNO3S. The van der Waals surface area contributed by atoms with Gasteiger partial charge in [0.1, 0.15) is 5.75 Å². The zero-order valence-electron chi connectivity index (χ0n) is 9.19. The summed E-state index contributed by atoms with van der Waals surface area (Å²) in [4.78, 5) is 0. The molecular weight excluding hydrogens is 262 g/mol. The minimum absolute atomic E-state index is 0.0597. The first-order valence-electron chi connectivity index (χ1n) is 5.49. The van der Waals surface area contributed by atoms with Crippen molar-refractivity contribution in [2.75, 3.05) is 4.72 Å². The van der Waals surface area contributed by atoms with Gasteiger partial charge < -0.3 is 5.11 Å². The van der Waals surface area contributed by atoms with E-state index in [1.54, 1.807) is 0 Å². The largest absolute Gasteiger partial charge is 0.506 e. The Kier molecular flexibility index (Phi) is 3.49. The van der Waals surface area contributed by atoms with Crippen LogP contribution in [0.3, 0.4) is 0 Å². The number of phenolic OH excluding ortho intramolecular Hbond substituents is 1. The van der Waals surface area contributed by atoms with Crippen molar-refractivity contribution in [1.82, 2.24) is 0 Å². The lowest BCUT2D eigenvalue weighted by Gasteiger charge is -2.13. The van der Waals surface area contributed by atoms with E-state index in [9.17, 15) is 13.5 Å². The lowest BCUT2D eigenvalue weighted by atomic mass is 10.3. The maximum atomic E-state index is 12.0. The van der Waals surface area contributed by atoms with Crippen LogP contribution >= 0.6 is 11.6 Å². The molecule has 0 spiro atoms. The smallest absolute Gasteiger partial charge is 0.235 e. The molecule has 1 aliphatic rings. The molecule has 0 radical (unpaired) electrons. The highest BCUT2D eigenvalue weighted by Crippen LogP contribution is 2.29. The number of anilines is 1. The van der Waals surface area contributed by atoms with E-state index in [4.69, 9.17) is 11.6 Å². The summed E-state index contributed by atoms with van der Waals surface area (Å²) >= 11 is 5.72. The number of hydrogen-bond donors (Lipinski definition) is 2. The van der Waals surface area contributed by atoms with Crippen LogP contribution in [0.25, 0.3) is 0 Å². The van der Waals surface area contributed by atoms with Crippen LogP contribution in [0, 0.1) is 0 Å². The van der Waals surface area contributed by atoms with E-state index in [2.05, 4.69) is 4.72 Å². The quantitative estimate of drug-likeness (QED) is 0.834. The molecule has 1 aromatic rings. The van der Waals surface area contributed by atoms with Crippen LogP contribution in [0.5, 0.6) is 5.75 Å². The van der Waals surface area contributed by atoms with Gasteiger partial charge in [-0.2, -0.15) is 0 Å². The fraction of sp³-hybridized carbons (Fsp3) is 0.455. The molecule has 17 heavy (non-hydrogen) atoms. The molecule has 1 saturated carbocycles. The van der Waals surface area contributed by atoms with Crippen LogP contribution in [0.15, 0.2) is 18.2 Å². The number of nitrogens with one attached hydrogen (secondary N) is 1. The molecule has 0 unspecified atom stereocenters. The van der Waals surface area contributed by atoms with Crippen LogP contribution in [0.4, 0.5) is 5.69 Å². The zero-order valence-corrected chi connectivity index (χ0v) is 10.8. The van der Waals surface area contributed by atoms with Crippen LogP contribution in [0.2, 0.25) is 5.02 Å². The van der Waals surface area contributed by atoms with Crippen molar-refractivity contribution in [2.24, 2.45) is 0 Å². The molecule has 0 amide bonds. The minimum atomic E-state index is -3.33. The topological polar surface area (TPSA) is 66.4 Å². The van der Waals surface area contributed by atoms with Crippen molar-refractivity contribution in [3.8, 4) is 5.75 Å². The maximum Gasteiger partial charge on any atom is 0.235 e. The highest BCUT2D eigenvalue weighted by atomic mass is 35.5. The van der Waals surface area contributed by atoms with Gasteiger partial charge in [-0.05, 0) is 31.0 Å². The van der Waals surface area contributed by atoms with Gasteiger partial charge in [-0.15, -0.1) is 0 Å². The van der Waals surface area contributed by atoms with Crippen molar-refractivity contribution in [3.63, 3.8) is 0 Å². The molecule has 0 aromatic heterocycles. The van der Waals surface area contributed by atoms with E-state index in [1.807, 2.05) is 0 Å². The number of hydrogen-bond acceptors (Lipinski definition) is 3. The van der Waals surface area contributed by atoms with Crippen molar-refractivity contribution in [2.45, 2.75) is 30.9 Å². The molecule has 6 heteroatoms. The Hall–Kier alpha value is -0.940. The Labute approximate surface area is 106 Å². The second-order valence-corrected chi connectivity index (χ2v) is 6.59.